The van der Waals surface area contributed by atoms with Gasteiger partial charge in [-0.1, -0.05) is 15.9 Å². The van der Waals surface area contributed by atoms with Crippen LogP contribution in [0.15, 0.2) is 22.7 Å². The molecule has 1 amide bonds. The molecule has 3 rings (SSSR count). The van der Waals surface area contributed by atoms with Gasteiger partial charge in [0.25, 0.3) is 0 Å². The van der Waals surface area contributed by atoms with Crippen molar-refractivity contribution in [1.82, 2.24) is 4.90 Å². The van der Waals surface area contributed by atoms with Crippen LogP contribution in [0.2, 0.25) is 0 Å². The standard InChI is InChI=1S/C13H15BrN2O2/c14-9-1-2-12-10(5-9)11-7-16(13(17)18)6-8(11)3-4-15-12/h1-2,5,8,11,15H,3-4,6-7H2,(H,17,18)/t8-,11-/m0/s1. The highest BCUT2D eigenvalue weighted by atomic mass is 79.9. The van der Waals surface area contributed by atoms with Gasteiger partial charge in [-0.05, 0) is 36.1 Å². The van der Waals surface area contributed by atoms with Crippen molar-refractivity contribution in [2.24, 2.45) is 5.92 Å². The molecule has 0 bridgehead atoms. The average Bonchev–Trinajstić information content (AvgIpc) is 2.68. The molecule has 2 aliphatic rings. The number of likely N-dealkylation sites (tertiary alicyclic amines) is 1. The monoisotopic (exact) mass is 310 g/mol. The summed E-state index contributed by atoms with van der Waals surface area (Å²) in [6.45, 7) is 2.20. The summed E-state index contributed by atoms with van der Waals surface area (Å²) in [4.78, 5) is 12.7. The molecule has 0 saturated carbocycles. The quantitative estimate of drug-likeness (QED) is 0.774. The third kappa shape index (κ3) is 1.96. The summed E-state index contributed by atoms with van der Waals surface area (Å²) in [7, 11) is 0. The van der Waals surface area contributed by atoms with Gasteiger partial charge in [0.05, 0.1) is 0 Å². The molecule has 5 heteroatoms. The first kappa shape index (κ1) is 11.8. The minimum Gasteiger partial charge on any atom is -0.465 e. The van der Waals surface area contributed by atoms with Crippen LogP contribution in [-0.4, -0.2) is 35.7 Å². The van der Waals surface area contributed by atoms with Gasteiger partial charge in [-0.2, -0.15) is 0 Å². The summed E-state index contributed by atoms with van der Waals surface area (Å²) >= 11 is 3.50. The SMILES string of the molecule is O=C(O)N1C[C@@H]2CCNc3ccc(Br)cc3[C@H]2C1. The topological polar surface area (TPSA) is 52.6 Å². The van der Waals surface area contributed by atoms with Gasteiger partial charge in [-0.15, -0.1) is 0 Å². The Balaban J connectivity index is 1.97. The highest BCUT2D eigenvalue weighted by Gasteiger charge is 2.38. The third-order valence-corrected chi connectivity index (χ3v) is 4.45. The Morgan fingerprint density at radius 3 is 3.06 bits per heavy atom. The van der Waals surface area contributed by atoms with Gasteiger partial charge in [-0.3, -0.25) is 0 Å². The van der Waals surface area contributed by atoms with Crippen molar-refractivity contribution in [3.8, 4) is 0 Å². The van der Waals surface area contributed by atoms with Crippen LogP contribution in [-0.2, 0) is 0 Å². The molecule has 0 spiro atoms. The molecule has 1 saturated heterocycles. The van der Waals surface area contributed by atoms with Crippen molar-refractivity contribution < 1.29 is 9.90 Å². The molecular formula is C13H15BrN2O2. The lowest BCUT2D eigenvalue weighted by atomic mass is 9.87. The van der Waals surface area contributed by atoms with Crippen LogP contribution in [0.25, 0.3) is 0 Å². The molecule has 0 radical (unpaired) electrons. The van der Waals surface area contributed by atoms with E-state index in [-0.39, 0.29) is 0 Å². The smallest absolute Gasteiger partial charge is 0.407 e. The first-order valence-electron chi connectivity index (χ1n) is 6.16. The van der Waals surface area contributed by atoms with Crippen LogP contribution in [0.3, 0.4) is 0 Å². The molecule has 2 atom stereocenters. The van der Waals surface area contributed by atoms with E-state index in [0.29, 0.717) is 24.9 Å². The van der Waals surface area contributed by atoms with Crippen molar-refractivity contribution in [2.45, 2.75) is 12.3 Å². The van der Waals surface area contributed by atoms with Gasteiger partial charge < -0.3 is 15.3 Å². The Morgan fingerprint density at radius 2 is 2.28 bits per heavy atom. The molecule has 2 aliphatic heterocycles. The average molecular weight is 311 g/mol. The lowest BCUT2D eigenvalue weighted by Crippen LogP contribution is -2.27. The Morgan fingerprint density at radius 1 is 1.44 bits per heavy atom. The number of carboxylic acid groups (broad SMARTS) is 1. The minimum atomic E-state index is -0.799. The Bertz CT molecular complexity index is 492. The number of carbonyl (C=O) groups is 1. The number of nitrogens with one attached hydrogen (secondary N) is 1. The largest absolute Gasteiger partial charge is 0.465 e. The van der Waals surface area contributed by atoms with E-state index in [9.17, 15) is 4.79 Å². The number of anilines is 1. The molecule has 18 heavy (non-hydrogen) atoms. The van der Waals surface area contributed by atoms with Gasteiger partial charge in [0.15, 0.2) is 0 Å². The molecule has 1 fully saturated rings. The van der Waals surface area contributed by atoms with Crippen molar-refractivity contribution in [3.05, 3.63) is 28.2 Å². The molecule has 0 unspecified atom stereocenters. The van der Waals surface area contributed by atoms with E-state index in [0.717, 1.165) is 23.1 Å². The van der Waals surface area contributed by atoms with E-state index in [4.69, 9.17) is 5.11 Å². The highest BCUT2D eigenvalue weighted by Crippen LogP contribution is 2.41. The number of hydrogen-bond acceptors (Lipinski definition) is 2. The molecule has 2 heterocycles. The van der Waals surface area contributed by atoms with Crippen LogP contribution >= 0.6 is 15.9 Å². The maximum atomic E-state index is 11.1. The van der Waals surface area contributed by atoms with Gasteiger partial charge in [-0.25, -0.2) is 4.79 Å². The second kappa shape index (κ2) is 4.46. The van der Waals surface area contributed by atoms with E-state index in [1.807, 2.05) is 6.07 Å². The number of nitrogens with zero attached hydrogens (tertiary/aromatic N) is 1. The summed E-state index contributed by atoms with van der Waals surface area (Å²) in [6.07, 6.45) is 0.230. The lowest BCUT2D eigenvalue weighted by molar-refractivity contribution is 0.153. The number of fused-ring (bicyclic) bond motifs is 3. The van der Waals surface area contributed by atoms with Crippen LogP contribution in [0.1, 0.15) is 17.9 Å². The van der Waals surface area contributed by atoms with Gasteiger partial charge in [0, 0.05) is 35.7 Å². The zero-order valence-corrected chi connectivity index (χ0v) is 11.5. The second-order valence-electron chi connectivity index (χ2n) is 5.00. The van der Waals surface area contributed by atoms with Crippen LogP contribution in [0, 0.1) is 5.92 Å². The molecule has 1 aromatic carbocycles. The highest BCUT2D eigenvalue weighted by molar-refractivity contribution is 9.10. The van der Waals surface area contributed by atoms with Gasteiger partial charge in [0.1, 0.15) is 0 Å². The van der Waals surface area contributed by atoms with E-state index < -0.39 is 6.09 Å². The van der Waals surface area contributed by atoms with Crippen molar-refractivity contribution >= 4 is 27.7 Å². The number of amides is 1. The number of rotatable bonds is 0. The van der Waals surface area contributed by atoms with Gasteiger partial charge in [0.2, 0.25) is 0 Å². The third-order valence-electron chi connectivity index (χ3n) is 3.96. The van der Waals surface area contributed by atoms with Crippen molar-refractivity contribution in [2.75, 3.05) is 25.0 Å². The maximum absolute atomic E-state index is 11.1. The summed E-state index contributed by atoms with van der Waals surface area (Å²) in [6, 6.07) is 6.22. The predicted molar refractivity (Wildman–Crippen MR) is 73.1 cm³/mol. The van der Waals surface area contributed by atoms with E-state index in [2.05, 4.69) is 33.4 Å². The van der Waals surface area contributed by atoms with Crippen molar-refractivity contribution in [3.63, 3.8) is 0 Å². The molecule has 1 aromatic rings. The zero-order chi connectivity index (χ0) is 12.7. The molecular weight excluding hydrogens is 296 g/mol. The van der Waals surface area contributed by atoms with E-state index in [1.165, 1.54) is 5.56 Å². The Labute approximate surface area is 114 Å². The fourth-order valence-corrected chi connectivity index (χ4v) is 3.44. The molecule has 96 valence electrons. The summed E-state index contributed by atoms with van der Waals surface area (Å²) in [5.74, 6) is 0.757. The molecule has 2 N–H and O–H groups in total. The van der Waals surface area contributed by atoms with Crippen LogP contribution in [0.5, 0.6) is 0 Å². The van der Waals surface area contributed by atoms with Crippen LogP contribution < -0.4 is 5.32 Å². The Kier molecular flexibility index (Phi) is 2.93. The maximum Gasteiger partial charge on any atom is 0.407 e. The fraction of sp³-hybridized carbons (Fsp3) is 0.462. The summed E-state index contributed by atoms with van der Waals surface area (Å²) < 4.78 is 1.05. The van der Waals surface area contributed by atoms with Crippen LogP contribution in [0.4, 0.5) is 10.5 Å². The first-order chi connectivity index (χ1) is 8.65. The molecule has 0 aliphatic carbocycles. The molecule has 4 nitrogen and oxygen atoms in total. The number of hydrogen-bond donors (Lipinski definition) is 2. The van der Waals surface area contributed by atoms with Crippen molar-refractivity contribution in [1.29, 1.82) is 0 Å². The minimum absolute atomic E-state index is 0.323. The number of halogens is 1. The van der Waals surface area contributed by atoms with E-state index in [1.54, 1.807) is 4.90 Å². The molecule has 0 aromatic heterocycles. The first-order valence-corrected chi connectivity index (χ1v) is 6.95. The summed E-state index contributed by atoms with van der Waals surface area (Å²) in [5.41, 5.74) is 2.40. The van der Waals surface area contributed by atoms with E-state index >= 15 is 0 Å². The predicted octanol–water partition coefficient (Wildman–Crippen LogP) is 2.96. The lowest BCUT2D eigenvalue weighted by Gasteiger charge is -2.17. The fourth-order valence-electron chi connectivity index (χ4n) is 3.07. The van der Waals surface area contributed by atoms with Gasteiger partial charge >= 0.3 is 6.09 Å². The second-order valence-corrected chi connectivity index (χ2v) is 5.92. The summed E-state index contributed by atoms with van der Waals surface area (Å²) in [5, 5.41) is 12.6. The number of benzene rings is 1. The zero-order valence-electron chi connectivity index (χ0n) is 9.90. The normalized spacial score (nSPS) is 25.9. The Hall–Kier alpha value is -1.23.